The molecule has 0 fully saturated rings. The molecule has 0 spiro atoms. The highest BCUT2D eigenvalue weighted by Gasteiger charge is 2.22. The number of nitrogens with zero attached hydrogens (tertiary/aromatic N) is 1. The number of ether oxygens (including phenoxy) is 2. The monoisotopic (exact) mass is 640 g/mol. The minimum atomic E-state index is -2.33. The molecule has 0 saturated carbocycles. The molecule has 240 valence electrons. The van der Waals surface area contributed by atoms with Gasteiger partial charge in [-0.25, -0.2) is 18.6 Å². The number of hydrogen-bond donors (Lipinski definition) is 5. The maximum atomic E-state index is 12.4. The molecule has 45 heavy (non-hydrogen) atoms. The van der Waals surface area contributed by atoms with Crippen LogP contribution in [0.3, 0.4) is 0 Å². The smallest absolute Gasteiger partial charge is 0.411 e. The number of nitrogens with one attached hydrogen (secondary N) is 2. The van der Waals surface area contributed by atoms with Gasteiger partial charge in [0, 0.05) is 30.4 Å². The standard InChI is InChI=1S/C31H36N4O9S/c1-31(2,3)44-30(40)35(4)18-22-17-24(12-13-25(22)45(41)42)34-29(39)43-15-14-19-8-10-20(11-9-19)26(28(37)38)33-23-7-5-6-21(16-23)27(32)36/h5-13,16-17,26,33H,14-15,18H2,1-4H3,(H2,32,36)(H,34,39)(H,37,38)(H,41,42). The molecule has 3 aromatic carbocycles. The predicted molar refractivity (Wildman–Crippen MR) is 167 cm³/mol. The second-order valence-corrected chi connectivity index (χ2v) is 12.0. The van der Waals surface area contributed by atoms with Crippen molar-refractivity contribution in [3.05, 3.63) is 89.0 Å². The molecule has 13 nitrogen and oxygen atoms in total. The first-order valence-electron chi connectivity index (χ1n) is 13.7. The normalized spacial score (nSPS) is 12.4. The number of nitrogens with two attached hydrogens (primary N) is 1. The van der Waals surface area contributed by atoms with E-state index in [0.717, 1.165) is 5.56 Å². The third kappa shape index (κ3) is 10.6. The number of primary amides is 1. The summed E-state index contributed by atoms with van der Waals surface area (Å²) in [6, 6.07) is 16.1. The summed E-state index contributed by atoms with van der Waals surface area (Å²) < 4.78 is 32.1. The SMILES string of the molecule is CN(Cc1cc(NC(=O)OCCc2ccc(C(Nc3cccc(C(N)=O)c3)C(=O)O)cc2)ccc1S(=O)O)C(=O)OC(C)(C)C. The molecule has 0 heterocycles. The van der Waals surface area contributed by atoms with E-state index in [1.807, 2.05) is 0 Å². The van der Waals surface area contributed by atoms with Crippen LogP contribution in [0.4, 0.5) is 21.0 Å². The maximum Gasteiger partial charge on any atom is 0.411 e. The first kappa shape index (κ1) is 34.5. The summed E-state index contributed by atoms with van der Waals surface area (Å²) in [6.07, 6.45) is -1.04. The van der Waals surface area contributed by atoms with Gasteiger partial charge in [0.25, 0.3) is 0 Å². The summed E-state index contributed by atoms with van der Waals surface area (Å²) in [4.78, 5) is 49.5. The molecular weight excluding hydrogens is 604 g/mol. The topological polar surface area (TPSA) is 198 Å². The summed E-state index contributed by atoms with van der Waals surface area (Å²) in [7, 11) is 1.49. The third-order valence-corrected chi connectivity index (χ3v) is 7.02. The van der Waals surface area contributed by atoms with Crippen LogP contribution in [0.5, 0.6) is 0 Å². The lowest BCUT2D eigenvalue weighted by atomic mass is 10.0. The lowest BCUT2D eigenvalue weighted by Gasteiger charge is -2.25. The summed E-state index contributed by atoms with van der Waals surface area (Å²) in [5, 5.41) is 15.2. The van der Waals surface area contributed by atoms with Gasteiger partial charge in [0.15, 0.2) is 17.1 Å². The zero-order valence-corrected chi connectivity index (χ0v) is 26.1. The maximum absolute atomic E-state index is 12.4. The van der Waals surface area contributed by atoms with E-state index in [1.165, 1.54) is 42.3 Å². The molecule has 6 N–H and O–H groups in total. The van der Waals surface area contributed by atoms with Gasteiger partial charge in [-0.1, -0.05) is 30.3 Å². The van der Waals surface area contributed by atoms with Crippen molar-refractivity contribution in [2.75, 3.05) is 24.3 Å². The quantitative estimate of drug-likeness (QED) is 0.172. The van der Waals surface area contributed by atoms with E-state index in [1.54, 1.807) is 57.2 Å². The molecule has 3 rings (SSSR count). The van der Waals surface area contributed by atoms with Crippen molar-refractivity contribution in [3.63, 3.8) is 0 Å². The zero-order valence-electron chi connectivity index (χ0n) is 25.2. The molecule has 0 radical (unpaired) electrons. The Bertz CT molecular complexity index is 1570. The van der Waals surface area contributed by atoms with Gasteiger partial charge >= 0.3 is 18.2 Å². The number of carbonyl (C=O) groups is 4. The Morgan fingerprint density at radius 1 is 1.00 bits per heavy atom. The van der Waals surface area contributed by atoms with Crippen LogP contribution in [0.2, 0.25) is 0 Å². The molecule has 3 aromatic rings. The van der Waals surface area contributed by atoms with Crippen molar-refractivity contribution < 1.29 is 42.5 Å². The van der Waals surface area contributed by atoms with E-state index in [2.05, 4.69) is 10.6 Å². The highest BCUT2D eigenvalue weighted by atomic mass is 32.2. The molecular formula is C31H36N4O9S. The second kappa shape index (κ2) is 15.2. The molecule has 3 amide bonds. The lowest BCUT2D eigenvalue weighted by molar-refractivity contribution is -0.138. The fraction of sp³-hybridized carbons (Fsp3) is 0.290. The number of anilines is 2. The predicted octanol–water partition coefficient (Wildman–Crippen LogP) is 4.76. The Morgan fingerprint density at radius 2 is 1.69 bits per heavy atom. The second-order valence-electron chi connectivity index (χ2n) is 11.0. The van der Waals surface area contributed by atoms with Crippen LogP contribution < -0.4 is 16.4 Å². The van der Waals surface area contributed by atoms with E-state index in [9.17, 15) is 33.0 Å². The molecule has 14 heteroatoms. The van der Waals surface area contributed by atoms with Crippen LogP contribution in [-0.2, 0) is 38.3 Å². The first-order valence-corrected chi connectivity index (χ1v) is 14.8. The Kier molecular flexibility index (Phi) is 11.6. The minimum Gasteiger partial charge on any atom is -0.479 e. The average Bonchev–Trinajstić information content (AvgIpc) is 2.95. The van der Waals surface area contributed by atoms with E-state index in [0.29, 0.717) is 28.9 Å². The van der Waals surface area contributed by atoms with Crippen LogP contribution in [0.15, 0.2) is 71.6 Å². The highest BCUT2D eigenvalue weighted by Crippen LogP contribution is 2.23. The number of carbonyl (C=O) groups excluding carboxylic acids is 3. The van der Waals surface area contributed by atoms with E-state index < -0.39 is 46.8 Å². The number of benzene rings is 3. The molecule has 0 aliphatic rings. The fourth-order valence-electron chi connectivity index (χ4n) is 4.12. The Labute approximate surface area is 263 Å². The van der Waals surface area contributed by atoms with Crippen molar-refractivity contribution in [1.29, 1.82) is 0 Å². The lowest BCUT2D eigenvalue weighted by Crippen LogP contribution is -2.34. The van der Waals surface area contributed by atoms with Gasteiger partial charge in [0.2, 0.25) is 5.91 Å². The van der Waals surface area contributed by atoms with Gasteiger partial charge in [0.05, 0.1) is 18.0 Å². The molecule has 0 aromatic heterocycles. The molecule has 0 bridgehead atoms. The van der Waals surface area contributed by atoms with Crippen LogP contribution in [-0.4, -0.2) is 62.1 Å². The highest BCUT2D eigenvalue weighted by molar-refractivity contribution is 7.79. The minimum absolute atomic E-state index is 0.0126. The fourth-order valence-corrected chi connectivity index (χ4v) is 4.65. The Hall–Kier alpha value is -4.95. The van der Waals surface area contributed by atoms with Gasteiger partial charge in [-0.15, -0.1) is 0 Å². The van der Waals surface area contributed by atoms with Crippen molar-refractivity contribution in [1.82, 2.24) is 4.90 Å². The Balaban J connectivity index is 1.58. The largest absolute Gasteiger partial charge is 0.479 e. The van der Waals surface area contributed by atoms with E-state index in [4.69, 9.17) is 15.2 Å². The average molecular weight is 641 g/mol. The summed E-state index contributed by atoms with van der Waals surface area (Å²) in [6.45, 7) is 5.14. The van der Waals surface area contributed by atoms with E-state index >= 15 is 0 Å². The van der Waals surface area contributed by atoms with Gasteiger partial charge < -0.3 is 35.1 Å². The Morgan fingerprint density at radius 3 is 2.29 bits per heavy atom. The van der Waals surface area contributed by atoms with Crippen molar-refractivity contribution >= 4 is 46.5 Å². The number of carboxylic acid groups (broad SMARTS) is 1. The van der Waals surface area contributed by atoms with Crippen molar-refractivity contribution in [3.8, 4) is 0 Å². The van der Waals surface area contributed by atoms with Gasteiger partial charge in [-0.05, 0) is 73.9 Å². The van der Waals surface area contributed by atoms with Gasteiger partial charge in [0.1, 0.15) is 5.60 Å². The molecule has 0 aliphatic heterocycles. The third-order valence-electron chi connectivity index (χ3n) is 6.25. The first-order chi connectivity index (χ1) is 21.1. The molecule has 2 atom stereocenters. The molecule has 0 aliphatic carbocycles. The van der Waals surface area contributed by atoms with Crippen LogP contribution in [0, 0.1) is 0 Å². The summed E-state index contributed by atoms with van der Waals surface area (Å²) in [5.74, 6) is -1.75. The molecule has 0 saturated heterocycles. The summed E-state index contributed by atoms with van der Waals surface area (Å²) in [5.41, 5.74) is 7.13. The number of carboxylic acids is 1. The number of rotatable bonds is 12. The van der Waals surface area contributed by atoms with Crippen LogP contribution in [0.1, 0.15) is 53.9 Å². The van der Waals surface area contributed by atoms with Gasteiger partial charge in [-0.3, -0.25) is 10.1 Å². The number of amides is 3. The molecule has 2 unspecified atom stereocenters. The number of hydrogen-bond acceptors (Lipinski definition) is 8. The van der Waals surface area contributed by atoms with Crippen molar-refractivity contribution in [2.24, 2.45) is 5.73 Å². The van der Waals surface area contributed by atoms with Crippen LogP contribution >= 0.6 is 0 Å². The number of aliphatic carboxylic acids is 1. The zero-order chi connectivity index (χ0) is 33.3. The van der Waals surface area contributed by atoms with Crippen molar-refractivity contribution in [2.45, 2.75) is 50.3 Å². The van der Waals surface area contributed by atoms with Gasteiger partial charge in [-0.2, -0.15) is 0 Å². The summed E-state index contributed by atoms with van der Waals surface area (Å²) >= 11 is -2.33. The van der Waals surface area contributed by atoms with Crippen LogP contribution in [0.25, 0.3) is 0 Å². The van der Waals surface area contributed by atoms with E-state index in [-0.39, 0.29) is 23.6 Å².